The summed E-state index contributed by atoms with van der Waals surface area (Å²) >= 11 is 3.49. The molecule has 0 amide bonds. The van der Waals surface area contributed by atoms with Crippen LogP contribution >= 0.6 is 28.3 Å². The van der Waals surface area contributed by atoms with Gasteiger partial charge in [-0.25, -0.2) is 4.98 Å². The fraction of sp³-hybridized carbons (Fsp3) is 0.167. The van der Waals surface area contributed by atoms with E-state index in [-0.39, 0.29) is 18.4 Å². The first kappa shape index (κ1) is 14.7. The highest BCUT2D eigenvalue weighted by Crippen LogP contribution is 2.23. The summed E-state index contributed by atoms with van der Waals surface area (Å²) in [4.78, 5) is 8.15. The van der Waals surface area contributed by atoms with Crippen molar-refractivity contribution in [3.05, 3.63) is 40.0 Å². The molecule has 3 N–H and O–H groups in total. The van der Waals surface area contributed by atoms with E-state index in [2.05, 4.69) is 31.2 Å². The minimum absolute atomic E-state index is 0. The molecule has 1 heterocycles. The molecule has 0 saturated carbocycles. The lowest BCUT2D eigenvalue weighted by molar-refractivity contribution is 1.12. The predicted octanol–water partition coefficient (Wildman–Crippen LogP) is 3.60. The summed E-state index contributed by atoms with van der Waals surface area (Å²) < 4.78 is 1.06. The van der Waals surface area contributed by atoms with E-state index in [1.165, 1.54) is 5.56 Å². The number of nitrogen functional groups attached to an aromatic ring is 1. The summed E-state index contributed by atoms with van der Waals surface area (Å²) in [6, 6.07) is 7.88. The quantitative estimate of drug-likeness (QED) is 0.883. The molecule has 2 rings (SSSR count). The summed E-state index contributed by atoms with van der Waals surface area (Å²) in [5.41, 5.74) is 8.58. The van der Waals surface area contributed by atoms with Crippen molar-refractivity contribution in [2.75, 3.05) is 11.1 Å². The third-order valence-corrected chi connectivity index (χ3v) is 3.17. The van der Waals surface area contributed by atoms with Gasteiger partial charge in [0, 0.05) is 21.9 Å². The number of rotatable bonds is 2. The lowest BCUT2D eigenvalue weighted by Crippen LogP contribution is -2.01. The van der Waals surface area contributed by atoms with Crippen LogP contribution < -0.4 is 11.1 Å². The SMILES string of the molecule is Cc1cc(Nc2ccc(C)c(Br)c2)nc(N)n1.Cl. The summed E-state index contributed by atoms with van der Waals surface area (Å²) in [5, 5.41) is 3.19. The van der Waals surface area contributed by atoms with Gasteiger partial charge < -0.3 is 11.1 Å². The van der Waals surface area contributed by atoms with E-state index in [1.54, 1.807) is 0 Å². The fourth-order valence-electron chi connectivity index (χ4n) is 1.47. The van der Waals surface area contributed by atoms with Gasteiger partial charge in [-0.05, 0) is 31.5 Å². The Morgan fingerprint density at radius 3 is 2.50 bits per heavy atom. The van der Waals surface area contributed by atoms with Crippen LogP contribution in [0.15, 0.2) is 28.7 Å². The smallest absolute Gasteiger partial charge is 0.222 e. The molecule has 0 aliphatic carbocycles. The Kier molecular flexibility index (Phi) is 4.93. The second-order valence-corrected chi connectivity index (χ2v) is 4.70. The molecule has 0 saturated heterocycles. The van der Waals surface area contributed by atoms with Gasteiger partial charge >= 0.3 is 0 Å². The highest BCUT2D eigenvalue weighted by molar-refractivity contribution is 9.10. The molecule has 4 nitrogen and oxygen atoms in total. The van der Waals surface area contributed by atoms with Crippen LogP contribution in [-0.2, 0) is 0 Å². The van der Waals surface area contributed by atoms with Crippen molar-refractivity contribution in [3.63, 3.8) is 0 Å². The van der Waals surface area contributed by atoms with Crippen LogP contribution in [0, 0.1) is 13.8 Å². The van der Waals surface area contributed by atoms with Crippen molar-refractivity contribution in [2.24, 2.45) is 0 Å². The molecule has 6 heteroatoms. The normalized spacial score (nSPS) is 9.72. The van der Waals surface area contributed by atoms with Crippen LogP contribution in [0.3, 0.4) is 0 Å². The van der Waals surface area contributed by atoms with Gasteiger partial charge in [0.1, 0.15) is 5.82 Å². The number of nitrogens with two attached hydrogens (primary N) is 1. The Bertz CT molecular complexity index is 540. The lowest BCUT2D eigenvalue weighted by atomic mass is 10.2. The summed E-state index contributed by atoms with van der Waals surface area (Å²) in [5.74, 6) is 0.976. The van der Waals surface area contributed by atoms with E-state index in [4.69, 9.17) is 5.73 Å². The molecule has 18 heavy (non-hydrogen) atoms. The highest BCUT2D eigenvalue weighted by atomic mass is 79.9. The van der Waals surface area contributed by atoms with E-state index >= 15 is 0 Å². The van der Waals surface area contributed by atoms with E-state index in [1.807, 2.05) is 38.1 Å². The maximum atomic E-state index is 5.60. The Morgan fingerprint density at radius 1 is 1.17 bits per heavy atom. The van der Waals surface area contributed by atoms with Gasteiger partial charge in [-0.1, -0.05) is 22.0 Å². The van der Waals surface area contributed by atoms with Gasteiger partial charge in [0.25, 0.3) is 0 Å². The minimum atomic E-state index is 0. The van der Waals surface area contributed by atoms with Crippen LogP contribution in [0.4, 0.5) is 17.5 Å². The van der Waals surface area contributed by atoms with Gasteiger partial charge in [-0.2, -0.15) is 4.98 Å². The molecule has 0 bridgehead atoms. The molecule has 96 valence electrons. The van der Waals surface area contributed by atoms with E-state index in [9.17, 15) is 0 Å². The number of nitrogens with zero attached hydrogens (tertiary/aromatic N) is 2. The van der Waals surface area contributed by atoms with Crippen molar-refractivity contribution >= 4 is 45.8 Å². The first-order valence-electron chi connectivity index (χ1n) is 5.19. The van der Waals surface area contributed by atoms with Crippen LogP contribution in [0.25, 0.3) is 0 Å². The van der Waals surface area contributed by atoms with Crippen LogP contribution in [-0.4, -0.2) is 9.97 Å². The lowest BCUT2D eigenvalue weighted by Gasteiger charge is -2.08. The van der Waals surface area contributed by atoms with Gasteiger partial charge in [0.15, 0.2) is 0 Å². The standard InChI is InChI=1S/C12H13BrN4.ClH/c1-7-3-4-9(6-10(7)13)16-11-5-8(2)15-12(14)17-11;/h3-6H,1-2H3,(H3,14,15,16,17);1H. The molecular formula is C12H14BrClN4. The first-order chi connectivity index (χ1) is 8.04. The molecule has 0 radical (unpaired) electrons. The van der Waals surface area contributed by atoms with Gasteiger partial charge in [-0.15, -0.1) is 12.4 Å². The van der Waals surface area contributed by atoms with Gasteiger partial charge in [-0.3, -0.25) is 0 Å². The zero-order valence-corrected chi connectivity index (χ0v) is 12.5. The Morgan fingerprint density at radius 2 is 1.89 bits per heavy atom. The number of anilines is 3. The molecule has 0 atom stereocenters. The topological polar surface area (TPSA) is 63.8 Å². The molecule has 1 aromatic heterocycles. The van der Waals surface area contributed by atoms with Crippen LogP contribution in [0.1, 0.15) is 11.3 Å². The number of halogens is 2. The zero-order valence-electron chi connectivity index (χ0n) is 10.1. The second kappa shape index (κ2) is 6.02. The minimum Gasteiger partial charge on any atom is -0.368 e. The van der Waals surface area contributed by atoms with Crippen molar-refractivity contribution in [1.82, 2.24) is 9.97 Å². The Hall–Kier alpha value is -1.33. The molecule has 0 aliphatic heterocycles. The van der Waals surface area contributed by atoms with Crippen molar-refractivity contribution in [3.8, 4) is 0 Å². The largest absolute Gasteiger partial charge is 0.368 e. The summed E-state index contributed by atoms with van der Waals surface area (Å²) in [7, 11) is 0. The third-order valence-electron chi connectivity index (χ3n) is 2.32. The zero-order chi connectivity index (χ0) is 12.4. The second-order valence-electron chi connectivity index (χ2n) is 3.84. The number of hydrogen-bond acceptors (Lipinski definition) is 4. The first-order valence-corrected chi connectivity index (χ1v) is 5.98. The number of hydrogen-bond donors (Lipinski definition) is 2. The van der Waals surface area contributed by atoms with E-state index in [0.717, 1.165) is 15.9 Å². The molecule has 1 aromatic carbocycles. The number of aryl methyl sites for hydroxylation is 2. The molecule has 0 fully saturated rings. The average molecular weight is 330 g/mol. The maximum Gasteiger partial charge on any atom is 0.222 e. The van der Waals surface area contributed by atoms with Gasteiger partial charge in [0.2, 0.25) is 5.95 Å². The molecule has 2 aromatic rings. The third kappa shape index (κ3) is 3.58. The predicted molar refractivity (Wildman–Crippen MR) is 80.6 cm³/mol. The van der Waals surface area contributed by atoms with Crippen molar-refractivity contribution in [1.29, 1.82) is 0 Å². The summed E-state index contributed by atoms with van der Waals surface area (Å²) in [6.07, 6.45) is 0. The van der Waals surface area contributed by atoms with E-state index < -0.39 is 0 Å². The Balaban J connectivity index is 0.00000162. The highest BCUT2D eigenvalue weighted by Gasteiger charge is 2.01. The number of nitrogens with one attached hydrogen (secondary N) is 1. The molecule has 0 spiro atoms. The van der Waals surface area contributed by atoms with Crippen LogP contribution in [0.5, 0.6) is 0 Å². The van der Waals surface area contributed by atoms with Crippen molar-refractivity contribution < 1.29 is 0 Å². The average Bonchev–Trinajstić information content (AvgIpc) is 2.22. The monoisotopic (exact) mass is 328 g/mol. The van der Waals surface area contributed by atoms with Gasteiger partial charge in [0.05, 0.1) is 0 Å². The molecule has 0 unspecified atom stereocenters. The molecular weight excluding hydrogens is 316 g/mol. The Labute approximate surface area is 121 Å². The maximum absolute atomic E-state index is 5.60. The van der Waals surface area contributed by atoms with Crippen molar-refractivity contribution in [2.45, 2.75) is 13.8 Å². The van der Waals surface area contributed by atoms with E-state index in [0.29, 0.717) is 5.82 Å². The summed E-state index contributed by atoms with van der Waals surface area (Å²) in [6.45, 7) is 3.93. The van der Waals surface area contributed by atoms with Crippen LogP contribution in [0.2, 0.25) is 0 Å². The number of benzene rings is 1. The number of aromatic nitrogens is 2. The fourth-order valence-corrected chi connectivity index (χ4v) is 1.85. The molecule has 0 aliphatic rings.